The summed E-state index contributed by atoms with van der Waals surface area (Å²) in [6.07, 6.45) is 4.50. The van der Waals surface area contributed by atoms with Crippen LogP contribution in [0.1, 0.15) is 37.3 Å². The molecule has 3 N–H and O–H groups in total. The fourth-order valence-electron chi connectivity index (χ4n) is 2.32. The zero-order chi connectivity index (χ0) is 13.0. The van der Waals surface area contributed by atoms with Gasteiger partial charge in [0.15, 0.2) is 0 Å². The molecule has 100 valence electrons. The van der Waals surface area contributed by atoms with Crippen LogP contribution in [-0.4, -0.2) is 12.7 Å². The first-order valence-electron chi connectivity index (χ1n) is 6.23. The fourth-order valence-corrected chi connectivity index (χ4v) is 2.75. The summed E-state index contributed by atoms with van der Waals surface area (Å²) in [5.74, 6) is 5.63. The topological polar surface area (TPSA) is 47.3 Å². The Morgan fingerprint density at radius 2 is 2.22 bits per heavy atom. The molecule has 0 spiro atoms. The van der Waals surface area contributed by atoms with Crippen molar-refractivity contribution in [2.24, 2.45) is 5.84 Å². The third kappa shape index (κ3) is 3.59. The number of nitrogens with two attached hydrogens (primary N) is 1. The predicted molar refractivity (Wildman–Crippen MR) is 74.7 cm³/mol. The highest BCUT2D eigenvalue weighted by Gasteiger charge is 2.21. The first-order chi connectivity index (χ1) is 8.70. The Bertz CT molecular complexity index is 395. The van der Waals surface area contributed by atoms with Gasteiger partial charge in [-0.25, -0.2) is 0 Å². The second kappa shape index (κ2) is 6.73. The molecule has 2 rings (SSSR count). The third-order valence-electron chi connectivity index (χ3n) is 3.31. The average Bonchev–Trinajstić information content (AvgIpc) is 2.40. The zero-order valence-corrected chi connectivity index (χ0v) is 11.7. The molecule has 0 saturated carbocycles. The van der Waals surface area contributed by atoms with Crippen molar-refractivity contribution in [1.82, 2.24) is 5.43 Å². The van der Waals surface area contributed by atoms with Crippen molar-refractivity contribution in [3.05, 3.63) is 33.8 Å². The van der Waals surface area contributed by atoms with Gasteiger partial charge < -0.3 is 4.74 Å². The zero-order valence-electron chi connectivity index (χ0n) is 10.2. The van der Waals surface area contributed by atoms with Crippen LogP contribution in [0, 0.1) is 0 Å². The summed E-state index contributed by atoms with van der Waals surface area (Å²) in [6.45, 7) is 0.839. The van der Waals surface area contributed by atoms with Crippen molar-refractivity contribution in [2.45, 2.75) is 37.8 Å². The predicted octanol–water partition coefficient (Wildman–Crippen LogP) is 3.46. The van der Waals surface area contributed by atoms with E-state index in [0.717, 1.165) is 31.4 Å². The van der Waals surface area contributed by atoms with Gasteiger partial charge in [-0.15, -0.1) is 0 Å². The Balaban J connectivity index is 2.09. The number of benzene rings is 1. The lowest BCUT2D eigenvalue weighted by Gasteiger charge is -2.27. The van der Waals surface area contributed by atoms with E-state index in [1.165, 1.54) is 6.42 Å². The van der Waals surface area contributed by atoms with Gasteiger partial charge in [-0.1, -0.05) is 23.2 Å². The molecule has 5 heteroatoms. The summed E-state index contributed by atoms with van der Waals surface area (Å²) >= 11 is 12.2. The molecule has 0 aromatic heterocycles. The molecule has 2 atom stereocenters. The smallest absolute Gasteiger partial charge is 0.0593 e. The van der Waals surface area contributed by atoms with Crippen LogP contribution in [0.15, 0.2) is 18.2 Å². The van der Waals surface area contributed by atoms with Gasteiger partial charge in [0.2, 0.25) is 0 Å². The van der Waals surface area contributed by atoms with Crippen molar-refractivity contribution in [1.29, 1.82) is 0 Å². The molecule has 0 amide bonds. The van der Waals surface area contributed by atoms with E-state index in [1.807, 2.05) is 6.07 Å². The second-order valence-electron chi connectivity index (χ2n) is 4.61. The van der Waals surface area contributed by atoms with Gasteiger partial charge in [0.25, 0.3) is 0 Å². The van der Waals surface area contributed by atoms with Crippen molar-refractivity contribution < 1.29 is 4.74 Å². The molecule has 18 heavy (non-hydrogen) atoms. The van der Waals surface area contributed by atoms with Crippen LogP contribution < -0.4 is 11.3 Å². The van der Waals surface area contributed by atoms with Gasteiger partial charge >= 0.3 is 0 Å². The quantitative estimate of drug-likeness (QED) is 0.659. The lowest BCUT2D eigenvalue weighted by atomic mass is 9.97. The maximum atomic E-state index is 6.19. The molecule has 0 bridgehead atoms. The van der Waals surface area contributed by atoms with Crippen molar-refractivity contribution in [3.8, 4) is 0 Å². The van der Waals surface area contributed by atoms with Crippen LogP contribution in [0.2, 0.25) is 10.0 Å². The van der Waals surface area contributed by atoms with Gasteiger partial charge in [0.05, 0.1) is 6.10 Å². The molecular formula is C13H18Cl2N2O. The van der Waals surface area contributed by atoms with Crippen molar-refractivity contribution in [3.63, 3.8) is 0 Å². The summed E-state index contributed by atoms with van der Waals surface area (Å²) < 4.78 is 5.73. The van der Waals surface area contributed by atoms with E-state index in [2.05, 4.69) is 5.43 Å². The summed E-state index contributed by atoms with van der Waals surface area (Å²) in [5.41, 5.74) is 3.74. The van der Waals surface area contributed by atoms with Gasteiger partial charge in [0.1, 0.15) is 0 Å². The van der Waals surface area contributed by atoms with Crippen LogP contribution in [0.4, 0.5) is 0 Å². The number of hydrazine groups is 1. The molecular weight excluding hydrogens is 271 g/mol. The van der Waals surface area contributed by atoms with Crippen LogP contribution in [0.25, 0.3) is 0 Å². The van der Waals surface area contributed by atoms with E-state index in [9.17, 15) is 0 Å². The maximum absolute atomic E-state index is 6.19. The first kappa shape index (κ1) is 14.1. The molecule has 1 aromatic rings. The molecule has 1 aliphatic rings. The Labute approximate surface area is 118 Å². The Kier molecular flexibility index (Phi) is 5.27. The average molecular weight is 289 g/mol. The van der Waals surface area contributed by atoms with E-state index < -0.39 is 0 Å². The van der Waals surface area contributed by atoms with Crippen LogP contribution >= 0.6 is 23.2 Å². The Morgan fingerprint density at radius 3 is 2.89 bits per heavy atom. The van der Waals surface area contributed by atoms with E-state index in [-0.39, 0.29) is 12.1 Å². The van der Waals surface area contributed by atoms with Crippen LogP contribution in [-0.2, 0) is 4.74 Å². The molecule has 0 aliphatic carbocycles. The molecule has 2 unspecified atom stereocenters. The van der Waals surface area contributed by atoms with E-state index in [0.29, 0.717) is 10.0 Å². The SMILES string of the molecule is NNC(CC1CCCCO1)c1cc(Cl)ccc1Cl. The fraction of sp³-hybridized carbons (Fsp3) is 0.538. The lowest BCUT2D eigenvalue weighted by molar-refractivity contribution is 0.00503. The minimum absolute atomic E-state index is 0.0284. The third-order valence-corrected chi connectivity index (χ3v) is 3.89. The minimum Gasteiger partial charge on any atom is -0.378 e. The van der Waals surface area contributed by atoms with Gasteiger partial charge in [-0.2, -0.15) is 0 Å². The highest BCUT2D eigenvalue weighted by atomic mass is 35.5. The van der Waals surface area contributed by atoms with E-state index >= 15 is 0 Å². The Hall–Kier alpha value is -0.320. The van der Waals surface area contributed by atoms with E-state index in [4.69, 9.17) is 33.8 Å². The molecule has 1 aromatic carbocycles. The largest absolute Gasteiger partial charge is 0.378 e. The molecule has 1 fully saturated rings. The van der Waals surface area contributed by atoms with Crippen LogP contribution in [0.5, 0.6) is 0 Å². The number of halogens is 2. The summed E-state index contributed by atoms with van der Waals surface area (Å²) in [5, 5.41) is 1.34. The molecule has 0 radical (unpaired) electrons. The highest BCUT2D eigenvalue weighted by Crippen LogP contribution is 2.30. The number of rotatable bonds is 4. The second-order valence-corrected chi connectivity index (χ2v) is 5.45. The lowest BCUT2D eigenvalue weighted by Crippen LogP contribution is -2.33. The standard InChI is InChI=1S/C13H18Cl2N2O/c14-9-4-5-12(15)11(7-9)13(17-16)8-10-3-1-2-6-18-10/h4-5,7,10,13,17H,1-3,6,8,16H2. The summed E-state index contributed by atoms with van der Waals surface area (Å²) in [7, 11) is 0. The number of ether oxygens (including phenoxy) is 1. The van der Waals surface area contributed by atoms with Gasteiger partial charge in [-0.05, 0) is 49.4 Å². The van der Waals surface area contributed by atoms with Crippen molar-refractivity contribution >= 4 is 23.2 Å². The maximum Gasteiger partial charge on any atom is 0.0593 e. The Morgan fingerprint density at radius 1 is 1.39 bits per heavy atom. The minimum atomic E-state index is -0.0284. The number of hydrogen-bond donors (Lipinski definition) is 2. The van der Waals surface area contributed by atoms with E-state index in [1.54, 1.807) is 12.1 Å². The normalized spacial score (nSPS) is 21.8. The molecule has 1 heterocycles. The van der Waals surface area contributed by atoms with Crippen LogP contribution in [0.3, 0.4) is 0 Å². The summed E-state index contributed by atoms with van der Waals surface area (Å²) in [6, 6.07) is 5.40. The first-order valence-corrected chi connectivity index (χ1v) is 6.99. The number of nitrogens with one attached hydrogen (secondary N) is 1. The highest BCUT2D eigenvalue weighted by molar-refractivity contribution is 6.33. The van der Waals surface area contributed by atoms with Gasteiger partial charge in [-0.3, -0.25) is 11.3 Å². The summed E-state index contributed by atoms with van der Waals surface area (Å²) in [4.78, 5) is 0. The molecule has 1 saturated heterocycles. The van der Waals surface area contributed by atoms with Crippen molar-refractivity contribution in [2.75, 3.05) is 6.61 Å². The number of hydrogen-bond acceptors (Lipinski definition) is 3. The van der Waals surface area contributed by atoms with Gasteiger partial charge in [0, 0.05) is 22.7 Å². The molecule has 1 aliphatic heterocycles. The molecule has 3 nitrogen and oxygen atoms in total. The monoisotopic (exact) mass is 288 g/mol.